The van der Waals surface area contributed by atoms with Gasteiger partial charge in [0.05, 0.1) is 14.2 Å². The zero-order chi connectivity index (χ0) is 16.9. The third-order valence-electron chi connectivity index (χ3n) is 4.52. The van der Waals surface area contributed by atoms with Gasteiger partial charge in [-0.2, -0.15) is 0 Å². The summed E-state index contributed by atoms with van der Waals surface area (Å²) in [5, 5.41) is 2.99. The first-order valence-corrected chi connectivity index (χ1v) is 8.11. The number of hydrogen-bond acceptors (Lipinski definition) is 4. The number of nitrogens with zero attached hydrogens (tertiary/aromatic N) is 1. The minimum Gasteiger partial charge on any atom is -0.493 e. The highest BCUT2D eigenvalue weighted by atomic mass is 16.5. The Morgan fingerprint density at radius 2 is 1.92 bits per heavy atom. The fourth-order valence-corrected chi connectivity index (χ4v) is 3.23. The molecule has 0 radical (unpaired) electrons. The minimum absolute atomic E-state index is 0.0689. The van der Waals surface area contributed by atoms with Gasteiger partial charge in [0.15, 0.2) is 11.5 Å². The molecule has 5 nitrogen and oxygen atoms in total. The van der Waals surface area contributed by atoms with Crippen molar-refractivity contribution < 1.29 is 14.3 Å². The highest BCUT2D eigenvalue weighted by molar-refractivity contribution is 5.77. The van der Waals surface area contributed by atoms with Gasteiger partial charge in [0.1, 0.15) is 0 Å². The molecule has 1 aliphatic carbocycles. The average Bonchev–Trinajstić information content (AvgIpc) is 3.01. The molecule has 2 aromatic rings. The summed E-state index contributed by atoms with van der Waals surface area (Å²) in [6.45, 7) is 0.535. The lowest BCUT2D eigenvalue weighted by atomic mass is 9.97. The predicted octanol–water partition coefficient (Wildman–Crippen LogP) is 2.84. The van der Waals surface area contributed by atoms with E-state index in [4.69, 9.17) is 9.47 Å². The van der Waals surface area contributed by atoms with Crippen LogP contribution in [0.1, 0.15) is 35.4 Å². The van der Waals surface area contributed by atoms with Crippen molar-refractivity contribution in [1.82, 2.24) is 10.3 Å². The molecule has 0 aliphatic heterocycles. The van der Waals surface area contributed by atoms with Gasteiger partial charge in [0.2, 0.25) is 5.91 Å². The van der Waals surface area contributed by atoms with Crippen LogP contribution in [0.25, 0.3) is 0 Å². The number of ether oxygens (including phenoxy) is 2. The molecule has 1 heterocycles. The summed E-state index contributed by atoms with van der Waals surface area (Å²) in [4.78, 5) is 16.3. The van der Waals surface area contributed by atoms with Crippen LogP contribution < -0.4 is 14.8 Å². The van der Waals surface area contributed by atoms with Crippen LogP contribution in [-0.4, -0.2) is 25.1 Å². The van der Waals surface area contributed by atoms with Gasteiger partial charge in [0.25, 0.3) is 0 Å². The Balaban J connectivity index is 1.64. The second-order valence-electron chi connectivity index (χ2n) is 5.98. The molecule has 1 N–H and O–H groups in total. The number of amides is 1. The van der Waals surface area contributed by atoms with Gasteiger partial charge in [-0.25, -0.2) is 0 Å². The number of hydrogen-bond donors (Lipinski definition) is 1. The zero-order valence-electron chi connectivity index (χ0n) is 14.0. The maximum Gasteiger partial charge on any atom is 0.220 e. The van der Waals surface area contributed by atoms with E-state index < -0.39 is 0 Å². The number of fused-ring (bicyclic) bond motifs is 1. The van der Waals surface area contributed by atoms with E-state index in [1.165, 1.54) is 11.1 Å². The van der Waals surface area contributed by atoms with E-state index in [-0.39, 0.29) is 11.8 Å². The zero-order valence-corrected chi connectivity index (χ0v) is 14.0. The van der Waals surface area contributed by atoms with E-state index in [1.54, 1.807) is 26.6 Å². The molecular formula is C19H22N2O3. The number of benzene rings is 1. The molecule has 0 saturated carbocycles. The lowest BCUT2D eigenvalue weighted by molar-refractivity contribution is -0.121. The van der Waals surface area contributed by atoms with E-state index in [1.807, 2.05) is 24.3 Å². The number of nitrogens with one attached hydrogen (secondary N) is 1. The van der Waals surface area contributed by atoms with Crippen LogP contribution in [-0.2, 0) is 17.8 Å². The van der Waals surface area contributed by atoms with Crippen molar-refractivity contribution in [2.75, 3.05) is 14.2 Å². The molecule has 1 aromatic heterocycles. The first-order valence-electron chi connectivity index (χ1n) is 8.11. The number of carbonyl (C=O) groups is 1. The molecular weight excluding hydrogens is 304 g/mol. The van der Waals surface area contributed by atoms with Gasteiger partial charge < -0.3 is 14.8 Å². The van der Waals surface area contributed by atoms with Crippen LogP contribution in [0, 0.1) is 0 Å². The van der Waals surface area contributed by atoms with Crippen LogP contribution in [0.2, 0.25) is 0 Å². The lowest BCUT2D eigenvalue weighted by Crippen LogP contribution is -2.24. The second kappa shape index (κ2) is 7.34. The standard InChI is InChI=1S/C19H22N2O3/c1-23-17-9-14-3-4-15(16(14)11-18(17)24-2)10-19(22)21-12-13-5-7-20-8-6-13/h5-9,11,15H,3-4,10,12H2,1-2H3,(H,21,22). The van der Waals surface area contributed by atoms with Gasteiger partial charge in [-0.3, -0.25) is 9.78 Å². The summed E-state index contributed by atoms with van der Waals surface area (Å²) in [6, 6.07) is 7.86. The molecule has 0 fully saturated rings. The van der Waals surface area contributed by atoms with Crippen LogP contribution >= 0.6 is 0 Å². The molecule has 0 spiro atoms. The molecule has 5 heteroatoms. The Bertz CT molecular complexity index is 716. The summed E-state index contributed by atoms with van der Waals surface area (Å²) in [6.07, 6.45) is 5.91. The number of methoxy groups -OCH3 is 2. The maximum absolute atomic E-state index is 12.3. The van der Waals surface area contributed by atoms with Crippen LogP contribution in [0.5, 0.6) is 11.5 Å². The highest BCUT2D eigenvalue weighted by Gasteiger charge is 2.26. The first-order chi connectivity index (χ1) is 11.7. The maximum atomic E-state index is 12.3. The molecule has 0 bridgehead atoms. The fraction of sp³-hybridized carbons (Fsp3) is 0.368. The minimum atomic E-state index is 0.0689. The Labute approximate surface area is 142 Å². The van der Waals surface area contributed by atoms with Crippen molar-refractivity contribution in [3.8, 4) is 11.5 Å². The summed E-state index contributed by atoms with van der Waals surface area (Å²) in [5.41, 5.74) is 3.50. The number of aromatic nitrogens is 1. The van der Waals surface area contributed by atoms with Crippen LogP contribution in [0.3, 0.4) is 0 Å². The Hall–Kier alpha value is -2.56. The third kappa shape index (κ3) is 3.50. The van der Waals surface area contributed by atoms with Crippen molar-refractivity contribution >= 4 is 5.91 Å². The molecule has 1 atom stereocenters. The Kier molecular flexibility index (Phi) is 4.99. The van der Waals surface area contributed by atoms with Crippen molar-refractivity contribution in [3.05, 3.63) is 53.3 Å². The van der Waals surface area contributed by atoms with Gasteiger partial charge >= 0.3 is 0 Å². The molecule has 126 valence electrons. The smallest absolute Gasteiger partial charge is 0.220 e. The molecule has 24 heavy (non-hydrogen) atoms. The molecule has 1 amide bonds. The van der Waals surface area contributed by atoms with Crippen LogP contribution in [0.4, 0.5) is 0 Å². The lowest BCUT2D eigenvalue weighted by Gasteiger charge is -2.14. The average molecular weight is 326 g/mol. The number of pyridine rings is 1. The number of carbonyl (C=O) groups excluding carboxylic acids is 1. The number of rotatable bonds is 6. The van der Waals surface area contributed by atoms with Gasteiger partial charge in [-0.15, -0.1) is 0 Å². The molecule has 3 rings (SSSR count). The fourth-order valence-electron chi connectivity index (χ4n) is 3.23. The Morgan fingerprint density at radius 3 is 2.62 bits per heavy atom. The summed E-state index contributed by atoms with van der Waals surface area (Å²) in [7, 11) is 3.28. The van der Waals surface area contributed by atoms with Crippen LogP contribution in [0.15, 0.2) is 36.7 Å². The van der Waals surface area contributed by atoms with Crippen molar-refractivity contribution in [1.29, 1.82) is 0 Å². The second-order valence-corrected chi connectivity index (χ2v) is 5.98. The van der Waals surface area contributed by atoms with E-state index >= 15 is 0 Å². The molecule has 0 saturated heterocycles. The largest absolute Gasteiger partial charge is 0.493 e. The Morgan fingerprint density at radius 1 is 1.21 bits per heavy atom. The van der Waals surface area contributed by atoms with E-state index in [9.17, 15) is 4.79 Å². The molecule has 1 aromatic carbocycles. The van der Waals surface area contributed by atoms with Crippen molar-refractivity contribution in [2.45, 2.75) is 31.7 Å². The first kappa shape index (κ1) is 16.3. The van der Waals surface area contributed by atoms with Gasteiger partial charge in [-0.05, 0) is 59.7 Å². The van der Waals surface area contributed by atoms with E-state index in [0.29, 0.717) is 13.0 Å². The number of aryl methyl sites for hydroxylation is 1. The normalized spacial score (nSPS) is 15.7. The third-order valence-corrected chi connectivity index (χ3v) is 4.52. The van der Waals surface area contributed by atoms with Crippen molar-refractivity contribution in [3.63, 3.8) is 0 Å². The monoisotopic (exact) mass is 326 g/mol. The molecule has 1 unspecified atom stereocenters. The highest BCUT2D eigenvalue weighted by Crippen LogP contribution is 2.41. The summed E-state index contributed by atoms with van der Waals surface area (Å²) in [5.74, 6) is 1.77. The van der Waals surface area contributed by atoms with E-state index in [0.717, 1.165) is 29.9 Å². The van der Waals surface area contributed by atoms with Gasteiger partial charge in [0, 0.05) is 25.4 Å². The summed E-state index contributed by atoms with van der Waals surface area (Å²) < 4.78 is 10.7. The predicted molar refractivity (Wildman–Crippen MR) is 91.3 cm³/mol. The topological polar surface area (TPSA) is 60.5 Å². The SMILES string of the molecule is COc1cc2c(cc1OC)C(CC(=O)NCc1ccncc1)CC2. The van der Waals surface area contributed by atoms with Gasteiger partial charge in [-0.1, -0.05) is 0 Å². The van der Waals surface area contributed by atoms with E-state index in [2.05, 4.69) is 10.3 Å². The molecule has 1 aliphatic rings. The van der Waals surface area contributed by atoms with Crippen molar-refractivity contribution in [2.24, 2.45) is 0 Å². The summed E-state index contributed by atoms with van der Waals surface area (Å²) >= 11 is 0. The quantitative estimate of drug-likeness (QED) is 0.887.